The smallest absolute Gasteiger partial charge is 0.119 e. The Labute approximate surface area is 89.4 Å². The molecule has 0 bridgehead atoms. The van der Waals surface area contributed by atoms with Crippen LogP contribution in [0.5, 0.6) is 5.75 Å². The van der Waals surface area contributed by atoms with E-state index >= 15 is 0 Å². The first-order chi connectivity index (χ1) is 7.26. The molecule has 0 saturated carbocycles. The highest BCUT2D eigenvalue weighted by Crippen LogP contribution is 2.26. The minimum absolute atomic E-state index is 0.868. The SMILES string of the molecule is CNCc1c[nH]c2c(C)cc(OC)cc12. The van der Waals surface area contributed by atoms with E-state index in [1.807, 2.05) is 19.3 Å². The van der Waals surface area contributed by atoms with E-state index in [9.17, 15) is 0 Å². The summed E-state index contributed by atoms with van der Waals surface area (Å²) in [4.78, 5) is 3.30. The molecule has 2 N–H and O–H groups in total. The molecule has 0 spiro atoms. The third kappa shape index (κ3) is 1.70. The van der Waals surface area contributed by atoms with Gasteiger partial charge in [-0.1, -0.05) is 0 Å². The van der Waals surface area contributed by atoms with Crippen molar-refractivity contribution in [2.45, 2.75) is 13.5 Å². The number of hydrogen-bond donors (Lipinski definition) is 2. The van der Waals surface area contributed by atoms with Crippen LogP contribution in [0, 0.1) is 6.92 Å². The Balaban J connectivity index is 2.61. The average molecular weight is 204 g/mol. The fourth-order valence-corrected chi connectivity index (χ4v) is 1.89. The monoisotopic (exact) mass is 204 g/mol. The predicted molar refractivity (Wildman–Crippen MR) is 62.4 cm³/mol. The predicted octanol–water partition coefficient (Wildman–Crippen LogP) is 2.20. The summed E-state index contributed by atoms with van der Waals surface area (Å²) in [5.41, 5.74) is 3.68. The number of ether oxygens (including phenoxy) is 1. The van der Waals surface area contributed by atoms with Gasteiger partial charge in [0.25, 0.3) is 0 Å². The van der Waals surface area contributed by atoms with Crippen molar-refractivity contribution >= 4 is 10.9 Å². The van der Waals surface area contributed by atoms with Crippen molar-refractivity contribution in [1.29, 1.82) is 0 Å². The first kappa shape index (κ1) is 10.1. The van der Waals surface area contributed by atoms with Crippen molar-refractivity contribution in [2.24, 2.45) is 0 Å². The molecule has 1 heterocycles. The Hall–Kier alpha value is -1.48. The highest BCUT2D eigenvalue weighted by atomic mass is 16.5. The van der Waals surface area contributed by atoms with E-state index in [0.29, 0.717) is 0 Å². The van der Waals surface area contributed by atoms with E-state index in [1.54, 1.807) is 7.11 Å². The topological polar surface area (TPSA) is 37.0 Å². The largest absolute Gasteiger partial charge is 0.497 e. The van der Waals surface area contributed by atoms with E-state index in [-0.39, 0.29) is 0 Å². The van der Waals surface area contributed by atoms with Crippen LogP contribution in [-0.4, -0.2) is 19.1 Å². The van der Waals surface area contributed by atoms with Crippen molar-refractivity contribution < 1.29 is 4.74 Å². The zero-order chi connectivity index (χ0) is 10.8. The molecular formula is C12H16N2O. The molecule has 2 rings (SSSR count). The maximum atomic E-state index is 5.27. The summed E-state index contributed by atoms with van der Waals surface area (Å²) in [5.74, 6) is 0.914. The van der Waals surface area contributed by atoms with Crippen LogP contribution >= 0.6 is 0 Å². The fraction of sp³-hybridized carbons (Fsp3) is 0.333. The van der Waals surface area contributed by atoms with E-state index in [2.05, 4.69) is 23.3 Å². The first-order valence-corrected chi connectivity index (χ1v) is 5.05. The summed E-state index contributed by atoms with van der Waals surface area (Å²) in [6.07, 6.45) is 2.05. The van der Waals surface area contributed by atoms with Gasteiger partial charge in [0.1, 0.15) is 5.75 Å². The van der Waals surface area contributed by atoms with Gasteiger partial charge in [-0.2, -0.15) is 0 Å². The molecule has 0 unspecified atom stereocenters. The van der Waals surface area contributed by atoms with E-state index < -0.39 is 0 Å². The molecular weight excluding hydrogens is 188 g/mol. The number of aryl methyl sites for hydroxylation is 1. The lowest BCUT2D eigenvalue weighted by molar-refractivity contribution is 0.415. The molecule has 0 aliphatic heterocycles. The van der Waals surface area contributed by atoms with E-state index in [4.69, 9.17) is 4.74 Å². The number of benzene rings is 1. The molecule has 0 atom stereocenters. The third-order valence-corrected chi connectivity index (χ3v) is 2.65. The molecule has 0 aliphatic carbocycles. The lowest BCUT2D eigenvalue weighted by Gasteiger charge is -2.04. The summed E-state index contributed by atoms with van der Waals surface area (Å²) in [5, 5.41) is 4.40. The number of aromatic nitrogens is 1. The Bertz CT molecular complexity index is 474. The Kier molecular flexibility index (Phi) is 2.64. The highest BCUT2D eigenvalue weighted by molar-refractivity contribution is 5.87. The van der Waals surface area contributed by atoms with Gasteiger partial charge in [0.05, 0.1) is 7.11 Å². The zero-order valence-corrected chi connectivity index (χ0v) is 9.35. The van der Waals surface area contributed by atoms with E-state index in [0.717, 1.165) is 12.3 Å². The standard InChI is InChI=1S/C12H16N2O/c1-8-4-10(15-3)5-11-9(6-13-2)7-14-12(8)11/h4-5,7,13-14H,6H2,1-3H3. The molecule has 0 aliphatic rings. The third-order valence-electron chi connectivity index (χ3n) is 2.65. The fourth-order valence-electron chi connectivity index (χ4n) is 1.89. The number of fused-ring (bicyclic) bond motifs is 1. The number of methoxy groups -OCH3 is 1. The molecule has 0 fully saturated rings. The van der Waals surface area contributed by atoms with Gasteiger partial charge < -0.3 is 15.0 Å². The minimum Gasteiger partial charge on any atom is -0.497 e. The van der Waals surface area contributed by atoms with Crippen LogP contribution in [0.4, 0.5) is 0 Å². The molecule has 3 heteroatoms. The van der Waals surface area contributed by atoms with Gasteiger partial charge in [-0.3, -0.25) is 0 Å². The Morgan fingerprint density at radius 3 is 2.87 bits per heavy atom. The molecule has 3 nitrogen and oxygen atoms in total. The van der Waals surface area contributed by atoms with Crippen molar-refractivity contribution in [3.63, 3.8) is 0 Å². The number of H-pyrrole nitrogens is 1. The van der Waals surface area contributed by atoms with Crippen LogP contribution in [-0.2, 0) is 6.54 Å². The van der Waals surface area contributed by atoms with Crippen LogP contribution in [0.25, 0.3) is 10.9 Å². The van der Waals surface area contributed by atoms with Crippen molar-refractivity contribution in [3.05, 3.63) is 29.5 Å². The average Bonchev–Trinajstić information content (AvgIpc) is 2.63. The van der Waals surface area contributed by atoms with Crippen molar-refractivity contribution in [2.75, 3.05) is 14.2 Å². The quantitative estimate of drug-likeness (QED) is 0.804. The molecule has 1 aromatic carbocycles. The highest BCUT2D eigenvalue weighted by Gasteiger charge is 2.07. The lowest BCUT2D eigenvalue weighted by atomic mass is 10.1. The summed E-state index contributed by atoms with van der Waals surface area (Å²) >= 11 is 0. The molecule has 2 aromatic rings. The maximum Gasteiger partial charge on any atom is 0.119 e. The van der Waals surface area contributed by atoms with Gasteiger partial charge in [0.15, 0.2) is 0 Å². The number of nitrogens with one attached hydrogen (secondary N) is 2. The van der Waals surface area contributed by atoms with E-state index in [1.165, 1.54) is 22.0 Å². The van der Waals surface area contributed by atoms with Gasteiger partial charge in [0.2, 0.25) is 0 Å². The second-order valence-electron chi connectivity index (χ2n) is 3.71. The second kappa shape index (κ2) is 3.95. The van der Waals surface area contributed by atoms with Crippen LogP contribution in [0.1, 0.15) is 11.1 Å². The van der Waals surface area contributed by atoms with Gasteiger partial charge in [-0.15, -0.1) is 0 Å². The Morgan fingerprint density at radius 2 is 2.20 bits per heavy atom. The maximum absolute atomic E-state index is 5.27. The minimum atomic E-state index is 0.868. The molecule has 15 heavy (non-hydrogen) atoms. The summed E-state index contributed by atoms with van der Waals surface area (Å²) in [6, 6.07) is 4.12. The summed E-state index contributed by atoms with van der Waals surface area (Å²) < 4.78 is 5.27. The first-order valence-electron chi connectivity index (χ1n) is 5.05. The van der Waals surface area contributed by atoms with Gasteiger partial charge in [-0.05, 0) is 37.2 Å². The van der Waals surface area contributed by atoms with Gasteiger partial charge in [-0.25, -0.2) is 0 Å². The van der Waals surface area contributed by atoms with Gasteiger partial charge >= 0.3 is 0 Å². The summed E-state index contributed by atoms with van der Waals surface area (Å²) in [7, 11) is 3.65. The number of aromatic amines is 1. The molecule has 1 aromatic heterocycles. The molecule has 0 saturated heterocycles. The van der Waals surface area contributed by atoms with Crippen molar-refractivity contribution in [3.8, 4) is 5.75 Å². The summed E-state index contributed by atoms with van der Waals surface area (Å²) in [6.45, 7) is 2.96. The van der Waals surface area contributed by atoms with Crippen LogP contribution in [0.15, 0.2) is 18.3 Å². The lowest BCUT2D eigenvalue weighted by Crippen LogP contribution is -2.04. The Morgan fingerprint density at radius 1 is 1.40 bits per heavy atom. The second-order valence-corrected chi connectivity index (χ2v) is 3.71. The van der Waals surface area contributed by atoms with Gasteiger partial charge in [0, 0.05) is 23.6 Å². The molecule has 0 amide bonds. The zero-order valence-electron chi connectivity index (χ0n) is 9.35. The van der Waals surface area contributed by atoms with Crippen LogP contribution in [0.3, 0.4) is 0 Å². The van der Waals surface area contributed by atoms with Crippen molar-refractivity contribution in [1.82, 2.24) is 10.3 Å². The van der Waals surface area contributed by atoms with Crippen LogP contribution in [0.2, 0.25) is 0 Å². The van der Waals surface area contributed by atoms with Crippen LogP contribution < -0.4 is 10.1 Å². The number of hydrogen-bond acceptors (Lipinski definition) is 2. The molecule has 0 radical (unpaired) electrons. The molecule has 80 valence electrons. The number of rotatable bonds is 3. The normalized spacial score (nSPS) is 10.9.